The zero-order valence-electron chi connectivity index (χ0n) is 14.9. The average Bonchev–Trinajstić information content (AvgIpc) is 2.66. The zero-order valence-corrected chi connectivity index (χ0v) is 14.9. The van der Waals surface area contributed by atoms with Crippen LogP contribution in [0.4, 0.5) is 10.3 Å². The van der Waals surface area contributed by atoms with Crippen molar-refractivity contribution in [2.75, 3.05) is 24.6 Å². The van der Waals surface area contributed by atoms with Crippen LogP contribution in [0.15, 0.2) is 30.3 Å². The number of nitrogens with zero attached hydrogens (tertiary/aromatic N) is 3. The number of carbonyl (C=O) groups excluding carboxylic acids is 1. The van der Waals surface area contributed by atoms with Crippen molar-refractivity contribution < 1.29 is 13.9 Å². The molecule has 1 aliphatic rings. The fourth-order valence-electron chi connectivity index (χ4n) is 2.86. The lowest BCUT2D eigenvalue weighted by Crippen LogP contribution is -2.32. The molecule has 6 nitrogen and oxygen atoms in total. The second kappa shape index (κ2) is 8.60. The average molecular weight is 358 g/mol. The van der Waals surface area contributed by atoms with Crippen LogP contribution in [0.2, 0.25) is 0 Å². The molecular weight excluding hydrogens is 335 g/mol. The number of amides is 1. The molecule has 1 fully saturated rings. The predicted octanol–water partition coefficient (Wildman–Crippen LogP) is 2.61. The Labute approximate surface area is 152 Å². The highest BCUT2D eigenvalue weighted by Gasteiger charge is 2.15. The van der Waals surface area contributed by atoms with Crippen molar-refractivity contribution in [3.63, 3.8) is 0 Å². The summed E-state index contributed by atoms with van der Waals surface area (Å²) < 4.78 is 18.2. The van der Waals surface area contributed by atoms with E-state index in [0.29, 0.717) is 12.3 Å². The van der Waals surface area contributed by atoms with Crippen molar-refractivity contribution >= 4 is 11.9 Å². The van der Waals surface area contributed by atoms with E-state index in [1.165, 1.54) is 30.7 Å². The summed E-state index contributed by atoms with van der Waals surface area (Å²) in [5.41, 5.74) is 1.65. The molecule has 3 rings (SSSR count). The van der Waals surface area contributed by atoms with Crippen molar-refractivity contribution in [2.45, 2.75) is 32.7 Å². The van der Waals surface area contributed by atoms with Gasteiger partial charge in [-0.15, -0.1) is 0 Å². The third-order valence-corrected chi connectivity index (χ3v) is 4.18. The Morgan fingerprint density at radius 1 is 1.19 bits per heavy atom. The second-order valence-corrected chi connectivity index (χ2v) is 6.37. The number of aromatic nitrogens is 2. The Bertz CT molecular complexity index is 746. The molecule has 2 heterocycles. The molecule has 26 heavy (non-hydrogen) atoms. The standard InChI is InChI=1S/C19H23FN4O2/c1-14-11-16(23-19(22-14)24-9-3-2-4-10-24)12-21-18(25)13-26-17-7-5-15(20)6-8-17/h5-8,11H,2-4,9-10,12-13H2,1H3,(H,21,25). The minimum Gasteiger partial charge on any atom is -0.484 e. The summed E-state index contributed by atoms with van der Waals surface area (Å²) in [6, 6.07) is 7.43. The first-order valence-electron chi connectivity index (χ1n) is 8.85. The number of piperidine rings is 1. The summed E-state index contributed by atoms with van der Waals surface area (Å²) in [5.74, 6) is 0.582. The minimum atomic E-state index is -0.342. The van der Waals surface area contributed by atoms with Crippen LogP contribution >= 0.6 is 0 Å². The largest absolute Gasteiger partial charge is 0.484 e. The molecule has 1 amide bonds. The van der Waals surface area contributed by atoms with E-state index in [4.69, 9.17) is 4.74 Å². The molecule has 2 aromatic rings. The molecule has 1 saturated heterocycles. The number of ether oxygens (including phenoxy) is 1. The van der Waals surface area contributed by atoms with Gasteiger partial charge in [0.15, 0.2) is 6.61 Å². The highest BCUT2D eigenvalue weighted by Crippen LogP contribution is 2.16. The molecule has 0 unspecified atom stereocenters. The molecular formula is C19H23FN4O2. The molecule has 1 N–H and O–H groups in total. The van der Waals surface area contributed by atoms with Gasteiger partial charge in [-0.1, -0.05) is 0 Å². The van der Waals surface area contributed by atoms with E-state index in [9.17, 15) is 9.18 Å². The van der Waals surface area contributed by atoms with Crippen molar-refractivity contribution in [1.82, 2.24) is 15.3 Å². The monoisotopic (exact) mass is 358 g/mol. The Balaban J connectivity index is 1.52. The number of hydrogen-bond donors (Lipinski definition) is 1. The lowest BCUT2D eigenvalue weighted by Gasteiger charge is -2.27. The molecule has 1 aliphatic heterocycles. The van der Waals surface area contributed by atoms with E-state index in [2.05, 4.69) is 20.2 Å². The predicted molar refractivity (Wildman–Crippen MR) is 96.6 cm³/mol. The first-order chi connectivity index (χ1) is 12.6. The van der Waals surface area contributed by atoms with Crippen molar-refractivity contribution in [1.29, 1.82) is 0 Å². The zero-order chi connectivity index (χ0) is 18.4. The molecule has 1 aromatic carbocycles. The maximum Gasteiger partial charge on any atom is 0.258 e. The Morgan fingerprint density at radius 2 is 1.92 bits per heavy atom. The van der Waals surface area contributed by atoms with Crippen LogP contribution in [-0.4, -0.2) is 35.6 Å². The maximum absolute atomic E-state index is 12.8. The van der Waals surface area contributed by atoms with E-state index in [1.54, 1.807) is 0 Å². The molecule has 0 saturated carbocycles. The van der Waals surface area contributed by atoms with Crippen LogP contribution < -0.4 is 15.0 Å². The summed E-state index contributed by atoms with van der Waals surface area (Å²) in [5, 5.41) is 2.79. The summed E-state index contributed by atoms with van der Waals surface area (Å²) in [6.07, 6.45) is 3.56. The van der Waals surface area contributed by atoms with Gasteiger partial charge >= 0.3 is 0 Å². The van der Waals surface area contributed by atoms with Crippen LogP contribution in [0.3, 0.4) is 0 Å². The van der Waals surface area contributed by atoms with E-state index >= 15 is 0 Å². The van der Waals surface area contributed by atoms with Gasteiger partial charge in [0.2, 0.25) is 5.95 Å². The minimum absolute atomic E-state index is 0.130. The molecule has 0 bridgehead atoms. The van der Waals surface area contributed by atoms with E-state index in [0.717, 1.165) is 43.3 Å². The van der Waals surface area contributed by atoms with Crippen LogP contribution in [0.25, 0.3) is 0 Å². The fraction of sp³-hybridized carbons (Fsp3) is 0.421. The number of hydrogen-bond acceptors (Lipinski definition) is 5. The SMILES string of the molecule is Cc1cc(CNC(=O)COc2ccc(F)cc2)nc(N2CCCCC2)n1. The molecule has 0 aliphatic carbocycles. The van der Waals surface area contributed by atoms with Gasteiger partial charge in [-0.25, -0.2) is 14.4 Å². The number of benzene rings is 1. The van der Waals surface area contributed by atoms with E-state index in [-0.39, 0.29) is 18.3 Å². The molecule has 1 aromatic heterocycles. The Hall–Kier alpha value is -2.70. The third-order valence-electron chi connectivity index (χ3n) is 4.18. The number of aryl methyl sites for hydroxylation is 1. The number of carbonyl (C=O) groups is 1. The highest BCUT2D eigenvalue weighted by atomic mass is 19.1. The quantitative estimate of drug-likeness (QED) is 0.860. The van der Waals surface area contributed by atoms with Crippen LogP contribution in [0.5, 0.6) is 5.75 Å². The summed E-state index contributed by atoms with van der Waals surface area (Å²) >= 11 is 0. The number of rotatable bonds is 6. The molecule has 138 valence electrons. The molecule has 0 atom stereocenters. The van der Waals surface area contributed by atoms with Gasteiger partial charge in [0, 0.05) is 18.8 Å². The smallest absolute Gasteiger partial charge is 0.258 e. The third kappa shape index (κ3) is 5.15. The van der Waals surface area contributed by atoms with Crippen LogP contribution in [0, 0.1) is 12.7 Å². The van der Waals surface area contributed by atoms with Gasteiger partial charge in [0.05, 0.1) is 12.2 Å². The van der Waals surface area contributed by atoms with Crippen molar-refractivity contribution in [3.8, 4) is 5.75 Å². The Kier molecular flexibility index (Phi) is 5.99. The van der Waals surface area contributed by atoms with E-state index in [1.807, 2.05) is 13.0 Å². The van der Waals surface area contributed by atoms with Crippen LogP contribution in [0.1, 0.15) is 30.7 Å². The first kappa shape index (κ1) is 18.1. The van der Waals surface area contributed by atoms with Crippen molar-refractivity contribution in [2.24, 2.45) is 0 Å². The van der Waals surface area contributed by atoms with Gasteiger partial charge in [-0.05, 0) is 56.5 Å². The summed E-state index contributed by atoms with van der Waals surface area (Å²) in [6.45, 7) is 4.06. The lowest BCUT2D eigenvalue weighted by molar-refractivity contribution is -0.123. The number of anilines is 1. The Morgan fingerprint density at radius 3 is 2.65 bits per heavy atom. The normalized spacial score (nSPS) is 14.2. The van der Waals surface area contributed by atoms with Crippen molar-refractivity contribution in [3.05, 3.63) is 47.5 Å². The fourth-order valence-corrected chi connectivity index (χ4v) is 2.86. The molecule has 0 spiro atoms. The first-order valence-corrected chi connectivity index (χ1v) is 8.85. The van der Waals surface area contributed by atoms with E-state index < -0.39 is 0 Å². The summed E-state index contributed by atoms with van der Waals surface area (Å²) in [4.78, 5) is 23.2. The summed E-state index contributed by atoms with van der Waals surface area (Å²) in [7, 11) is 0. The van der Waals surface area contributed by atoms with Gasteiger partial charge in [-0.3, -0.25) is 4.79 Å². The van der Waals surface area contributed by atoms with Crippen LogP contribution in [-0.2, 0) is 11.3 Å². The highest BCUT2D eigenvalue weighted by molar-refractivity contribution is 5.77. The van der Waals surface area contributed by atoms with Gasteiger partial charge in [0.25, 0.3) is 5.91 Å². The second-order valence-electron chi connectivity index (χ2n) is 6.37. The lowest BCUT2D eigenvalue weighted by atomic mass is 10.1. The van der Waals surface area contributed by atoms with Gasteiger partial charge in [-0.2, -0.15) is 0 Å². The van der Waals surface area contributed by atoms with Gasteiger partial charge < -0.3 is 15.0 Å². The topological polar surface area (TPSA) is 67.3 Å². The molecule has 0 radical (unpaired) electrons. The number of halogens is 1. The maximum atomic E-state index is 12.8. The number of nitrogens with one attached hydrogen (secondary N) is 1. The van der Waals surface area contributed by atoms with Gasteiger partial charge in [0.1, 0.15) is 11.6 Å². The molecule has 7 heteroatoms.